The maximum absolute atomic E-state index is 13.5. The molecule has 14 heteroatoms. The molecule has 0 radical (unpaired) electrons. The number of phenols is 2. The van der Waals surface area contributed by atoms with Crippen LogP contribution in [0.25, 0.3) is 0 Å². The van der Waals surface area contributed by atoms with Crippen molar-refractivity contribution in [3.63, 3.8) is 0 Å². The standard InChI is InChI=1S/C40H43N3O6.C19H26Cl2N2O/c44-25-7-5-21-13-27-39(46)15-23-24-16-40(47)28-14-22-6-8-26(45)34-30(22)38(40,10-12-43(28)18-20-3-4-20)36(49-34)32(24)41-31(23)35-37(39,29(21)33(25)48-35)9-11-42(27)17-19-1-2-19;1-22(19(24)13-14-8-9-15(20)16(21)12-14)17-6-2-3-7-18(17)23-10-4-5-11-23/h5-8,19-20,27-28,35-36,41,44-47H,1-4,9-18H2;8-9,12,17-18H,2-7,10-11,13H2,1H3/t27-,28+,35-,36-,37-,38-,39+,40+;17?,18-/m01/s1. The van der Waals surface area contributed by atoms with Crippen molar-refractivity contribution in [3.05, 3.63) is 103 Å². The minimum absolute atomic E-state index is 0.0535. The first-order valence-corrected chi connectivity index (χ1v) is 28.7. The van der Waals surface area contributed by atoms with Gasteiger partial charge in [-0.3, -0.25) is 19.5 Å². The number of nitrogens with zero attached hydrogens (tertiary/aromatic N) is 4. The number of benzene rings is 3. The van der Waals surface area contributed by atoms with Crippen LogP contribution in [0.4, 0.5) is 0 Å². The second kappa shape index (κ2) is 16.3. The van der Waals surface area contributed by atoms with E-state index in [1.165, 1.54) is 82.0 Å². The summed E-state index contributed by atoms with van der Waals surface area (Å²) in [5.74, 6) is 2.94. The third-order valence-corrected chi connectivity index (χ3v) is 22.0. The Morgan fingerprint density at radius 2 is 1.23 bits per heavy atom. The molecule has 12 aliphatic rings. The second-order valence-electron chi connectivity index (χ2n) is 24.9. The van der Waals surface area contributed by atoms with E-state index in [0.717, 1.165) is 97.5 Å². The Morgan fingerprint density at radius 3 is 1.75 bits per heavy atom. The number of likely N-dealkylation sites (N-methyl/N-ethyl adjacent to an activating group) is 1. The summed E-state index contributed by atoms with van der Waals surface area (Å²) in [6.45, 7) is 6.23. The number of aromatic amines is 1. The molecule has 16 rings (SSSR count). The molecule has 386 valence electrons. The number of ether oxygens (including phenoxy) is 2. The van der Waals surface area contributed by atoms with Crippen LogP contribution in [-0.2, 0) is 47.7 Å². The zero-order chi connectivity index (χ0) is 49.5. The van der Waals surface area contributed by atoms with E-state index in [-0.39, 0.29) is 29.5 Å². The van der Waals surface area contributed by atoms with Crippen molar-refractivity contribution in [1.29, 1.82) is 0 Å². The molecule has 10 atom stereocenters. The number of nitrogens with one attached hydrogen (secondary N) is 1. The van der Waals surface area contributed by atoms with Gasteiger partial charge in [-0.25, -0.2) is 0 Å². The van der Waals surface area contributed by atoms with Crippen molar-refractivity contribution in [1.82, 2.24) is 24.6 Å². The highest BCUT2D eigenvalue weighted by atomic mass is 35.5. The molecule has 7 aliphatic carbocycles. The predicted molar refractivity (Wildman–Crippen MR) is 277 cm³/mol. The summed E-state index contributed by atoms with van der Waals surface area (Å²) in [6.07, 6.45) is 15.9. The van der Waals surface area contributed by atoms with E-state index in [0.29, 0.717) is 64.7 Å². The van der Waals surface area contributed by atoms with Crippen LogP contribution in [0.3, 0.4) is 0 Å². The molecular formula is C59H69Cl2N5O7. The van der Waals surface area contributed by atoms with Gasteiger partial charge in [0.1, 0.15) is 0 Å². The number of piperidine rings is 2. The van der Waals surface area contributed by atoms with Crippen LogP contribution in [-0.4, -0.2) is 133 Å². The SMILES string of the molecule is CN(C(=O)Cc1ccc(Cl)c(Cl)c1)C1CCCC[C@H]1N1CCCC1.Oc1ccc2c3c1O[C@H]1c4[nH]c5c(c4C[C@@]4(O)[C@H](C2)N(CC2CC2)CC[C@]314)C[C@@]1(O)[C@H]2Cc3ccc(O)c4c3[C@@]1(CCN2CC1CC1)[C@H]5O4. The Labute approximate surface area is 437 Å². The average molecular weight is 1030 g/mol. The topological polar surface area (TPSA) is 145 Å². The molecule has 3 saturated heterocycles. The summed E-state index contributed by atoms with van der Waals surface area (Å²) in [6, 6.07) is 13.9. The number of rotatable bonds is 8. The van der Waals surface area contributed by atoms with Crippen LogP contribution in [0, 0.1) is 11.8 Å². The number of carbonyl (C=O) groups excluding carboxylic acids is 1. The monoisotopic (exact) mass is 1030 g/mol. The lowest BCUT2D eigenvalue weighted by Crippen LogP contribution is -2.75. The molecule has 4 bridgehead atoms. The molecule has 12 nitrogen and oxygen atoms in total. The molecular weight excluding hydrogens is 962 g/mol. The van der Waals surface area contributed by atoms with Gasteiger partial charge in [-0.2, -0.15) is 0 Å². The summed E-state index contributed by atoms with van der Waals surface area (Å²) in [4.78, 5) is 26.4. The molecule has 5 N–H and O–H groups in total. The lowest BCUT2D eigenvalue weighted by atomic mass is 9.47. The Kier molecular flexibility index (Phi) is 10.3. The fourth-order valence-corrected chi connectivity index (χ4v) is 17.8. The molecule has 3 saturated carbocycles. The lowest BCUT2D eigenvalue weighted by molar-refractivity contribution is -0.176. The van der Waals surface area contributed by atoms with Crippen LogP contribution >= 0.6 is 23.2 Å². The summed E-state index contributed by atoms with van der Waals surface area (Å²) in [5.41, 5.74) is 5.86. The Balaban J connectivity index is 0.000000167. The highest BCUT2D eigenvalue weighted by Crippen LogP contribution is 2.73. The molecule has 6 heterocycles. The van der Waals surface area contributed by atoms with Gasteiger partial charge < -0.3 is 39.8 Å². The van der Waals surface area contributed by atoms with E-state index >= 15 is 0 Å². The van der Waals surface area contributed by atoms with Gasteiger partial charge in [-0.15, -0.1) is 0 Å². The van der Waals surface area contributed by atoms with Crippen LogP contribution in [0.15, 0.2) is 42.5 Å². The molecule has 1 unspecified atom stereocenters. The van der Waals surface area contributed by atoms with E-state index in [4.69, 9.17) is 32.7 Å². The van der Waals surface area contributed by atoms with Gasteiger partial charge >= 0.3 is 0 Å². The number of phenolic OH excluding ortho intramolecular Hbond substituents is 2. The third kappa shape index (κ3) is 6.41. The van der Waals surface area contributed by atoms with Gasteiger partial charge in [0.2, 0.25) is 5.91 Å². The van der Waals surface area contributed by atoms with Gasteiger partial charge in [0.15, 0.2) is 35.2 Å². The maximum Gasteiger partial charge on any atom is 0.227 e. The van der Waals surface area contributed by atoms with Crippen molar-refractivity contribution >= 4 is 29.1 Å². The van der Waals surface area contributed by atoms with Gasteiger partial charge in [0, 0.05) is 68.3 Å². The van der Waals surface area contributed by atoms with Crippen LogP contribution < -0.4 is 9.47 Å². The number of aliphatic hydroxyl groups is 2. The van der Waals surface area contributed by atoms with Gasteiger partial charge in [-0.05, 0) is 167 Å². The number of aromatic nitrogens is 1. The predicted octanol–water partition coefficient (Wildman–Crippen LogP) is 8.23. The number of likely N-dealkylation sites (tertiary alicyclic amines) is 3. The molecule has 3 aromatic carbocycles. The molecule has 1 amide bonds. The van der Waals surface area contributed by atoms with Crippen LogP contribution in [0.5, 0.6) is 23.0 Å². The van der Waals surface area contributed by atoms with Crippen molar-refractivity contribution < 1.29 is 34.7 Å². The molecule has 4 aromatic rings. The number of aromatic hydroxyl groups is 2. The van der Waals surface area contributed by atoms with Gasteiger partial charge in [0.05, 0.1) is 49.9 Å². The van der Waals surface area contributed by atoms with E-state index < -0.39 is 34.2 Å². The van der Waals surface area contributed by atoms with Crippen molar-refractivity contribution in [2.24, 2.45) is 11.8 Å². The Hall–Kier alpha value is -4.01. The molecule has 73 heavy (non-hydrogen) atoms. The maximum atomic E-state index is 13.5. The highest BCUT2D eigenvalue weighted by molar-refractivity contribution is 6.42. The average Bonchev–Trinajstić information content (AvgIpc) is 4.20. The second-order valence-corrected chi connectivity index (χ2v) is 25.7. The van der Waals surface area contributed by atoms with Crippen LogP contribution in [0.2, 0.25) is 10.0 Å². The zero-order valence-electron chi connectivity index (χ0n) is 42.0. The van der Waals surface area contributed by atoms with Crippen molar-refractivity contribution in [3.8, 4) is 23.0 Å². The minimum Gasteiger partial charge on any atom is -0.504 e. The first-order chi connectivity index (χ1) is 35.3. The van der Waals surface area contributed by atoms with E-state index in [1.54, 1.807) is 24.3 Å². The molecule has 6 fully saturated rings. The number of halogens is 2. The Bertz CT molecular complexity index is 2830. The number of H-pyrrole nitrogens is 1. The normalized spacial score (nSPS) is 36.0. The van der Waals surface area contributed by atoms with E-state index in [9.17, 15) is 25.2 Å². The first kappa shape index (κ1) is 46.3. The number of hydrogen-bond donors (Lipinski definition) is 5. The third-order valence-electron chi connectivity index (χ3n) is 21.3. The summed E-state index contributed by atoms with van der Waals surface area (Å²) >= 11 is 12.0. The first-order valence-electron chi connectivity index (χ1n) is 27.9. The van der Waals surface area contributed by atoms with E-state index in [1.807, 2.05) is 18.0 Å². The smallest absolute Gasteiger partial charge is 0.227 e. The largest absolute Gasteiger partial charge is 0.504 e. The number of carbonyl (C=O) groups is 1. The van der Waals surface area contributed by atoms with E-state index in [2.05, 4.69) is 31.8 Å². The summed E-state index contributed by atoms with van der Waals surface area (Å²) in [5, 5.41) is 50.5. The van der Waals surface area contributed by atoms with Crippen LogP contribution in [0.1, 0.15) is 140 Å². The minimum atomic E-state index is -1.09. The fourth-order valence-electron chi connectivity index (χ4n) is 17.5. The molecule has 1 aromatic heterocycles. The number of amides is 1. The molecule has 5 aliphatic heterocycles. The van der Waals surface area contributed by atoms with Gasteiger partial charge in [-0.1, -0.05) is 54.2 Å². The number of fused-ring (bicyclic) bond motifs is 5. The zero-order valence-corrected chi connectivity index (χ0v) is 43.5. The number of hydrogen-bond acceptors (Lipinski definition) is 10. The summed E-state index contributed by atoms with van der Waals surface area (Å²) < 4.78 is 13.9. The fraction of sp³-hybridized carbons (Fsp3) is 0.610. The van der Waals surface area contributed by atoms with Crippen molar-refractivity contribution in [2.45, 2.75) is 168 Å². The summed E-state index contributed by atoms with van der Waals surface area (Å²) in [7, 11) is 1.97. The quantitative estimate of drug-likeness (QED) is 0.117. The van der Waals surface area contributed by atoms with Crippen molar-refractivity contribution in [2.75, 3.05) is 46.3 Å². The lowest BCUT2D eigenvalue weighted by Gasteiger charge is -2.63. The highest BCUT2D eigenvalue weighted by Gasteiger charge is 2.76. The molecule has 2 spiro atoms. The van der Waals surface area contributed by atoms with Gasteiger partial charge in [0.25, 0.3) is 0 Å². The Morgan fingerprint density at radius 1 is 0.699 bits per heavy atom.